The highest BCUT2D eigenvalue weighted by Gasteiger charge is 2.30. The van der Waals surface area contributed by atoms with Crippen molar-refractivity contribution in [2.45, 2.75) is 25.4 Å². The standard InChI is InChI=1S/C14H14BrN3/c15-12-8-16-14(17-9-12)18(13-6-7-13)10-11-4-2-1-3-5-11/h1-5,8-9,13H,6-7,10H2. The van der Waals surface area contributed by atoms with Crippen molar-refractivity contribution in [2.75, 3.05) is 4.90 Å². The predicted molar refractivity (Wildman–Crippen MR) is 75.4 cm³/mol. The van der Waals surface area contributed by atoms with E-state index in [4.69, 9.17) is 0 Å². The van der Waals surface area contributed by atoms with Crippen LogP contribution in [-0.4, -0.2) is 16.0 Å². The molecule has 0 spiro atoms. The molecule has 1 aromatic heterocycles. The summed E-state index contributed by atoms with van der Waals surface area (Å²) >= 11 is 3.37. The molecule has 2 aromatic rings. The van der Waals surface area contributed by atoms with Gasteiger partial charge in [0.15, 0.2) is 0 Å². The lowest BCUT2D eigenvalue weighted by Crippen LogP contribution is -2.26. The summed E-state index contributed by atoms with van der Waals surface area (Å²) < 4.78 is 0.918. The predicted octanol–water partition coefficient (Wildman–Crippen LogP) is 3.41. The van der Waals surface area contributed by atoms with Crippen molar-refractivity contribution in [3.8, 4) is 0 Å². The maximum Gasteiger partial charge on any atom is 0.225 e. The molecule has 18 heavy (non-hydrogen) atoms. The molecule has 3 rings (SSSR count). The third-order valence-electron chi connectivity index (χ3n) is 3.05. The summed E-state index contributed by atoms with van der Waals surface area (Å²) in [4.78, 5) is 11.1. The van der Waals surface area contributed by atoms with Crippen LogP contribution in [0.5, 0.6) is 0 Å². The van der Waals surface area contributed by atoms with Gasteiger partial charge in [-0.2, -0.15) is 0 Å². The van der Waals surface area contributed by atoms with Gasteiger partial charge in [0.1, 0.15) is 0 Å². The molecule has 1 aliphatic rings. The van der Waals surface area contributed by atoms with Gasteiger partial charge in [-0.15, -0.1) is 0 Å². The summed E-state index contributed by atoms with van der Waals surface area (Å²) in [5.41, 5.74) is 1.30. The Morgan fingerprint density at radius 3 is 2.39 bits per heavy atom. The minimum Gasteiger partial charge on any atom is -0.334 e. The first kappa shape index (κ1) is 11.7. The van der Waals surface area contributed by atoms with Crippen molar-refractivity contribution in [3.05, 3.63) is 52.8 Å². The van der Waals surface area contributed by atoms with Crippen LogP contribution in [0.4, 0.5) is 5.95 Å². The number of hydrogen-bond acceptors (Lipinski definition) is 3. The molecule has 0 radical (unpaired) electrons. The van der Waals surface area contributed by atoms with E-state index in [0.29, 0.717) is 6.04 Å². The van der Waals surface area contributed by atoms with Gasteiger partial charge in [-0.05, 0) is 34.3 Å². The Kier molecular flexibility index (Phi) is 3.28. The first-order chi connectivity index (χ1) is 8.83. The molecule has 1 heterocycles. The average Bonchev–Trinajstić information content (AvgIpc) is 3.23. The maximum atomic E-state index is 4.40. The largest absolute Gasteiger partial charge is 0.334 e. The van der Waals surface area contributed by atoms with Crippen LogP contribution in [0.15, 0.2) is 47.2 Å². The van der Waals surface area contributed by atoms with Crippen LogP contribution < -0.4 is 4.90 Å². The summed E-state index contributed by atoms with van der Waals surface area (Å²) in [6, 6.07) is 11.1. The second kappa shape index (κ2) is 5.06. The quantitative estimate of drug-likeness (QED) is 0.867. The van der Waals surface area contributed by atoms with Gasteiger partial charge in [0.25, 0.3) is 0 Å². The number of hydrogen-bond donors (Lipinski definition) is 0. The molecule has 0 bridgehead atoms. The van der Waals surface area contributed by atoms with Crippen molar-refractivity contribution in [1.29, 1.82) is 0 Å². The summed E-state index contributed by atoms with van der Waals surface area (Å²) in [6.45, 7) is 0.882. The lowest BCUT2D eigenvalue weighted by Gasteiger charge is -2.22. The van der Waals surface area contributed by atoms with E-state index in [-0.39, 0.29) is 0 Å². The van der Waals surface area contributed by atoms with Crippen LogP contribution in [0.3, 0.4) is 0 Å². The van der Waals surface area contributed by atoms with Gasteiger partial charge in [-0.3, -0.25) is 0 Å². The fourth-order valence-corrected chi connectivity index (χ4v) is 2.19. The molecule has 1 saturated carbocycles. The lowest BCUT2D eigenvalue weighted by atomic mass is 10.2. The van der Waals surface area contributed by atoms with Gasteiger partial charge in [0.05, 0.1) is 4.47 Å². The Hall–Kier alpha value is -1.42. The zero-order valence-electron chi connectivity index (χ0n) is 9.96. The van der Waals surface area contributed by atoms with Crippen LogP contribution in [0.25, 0.3) is 0 Å². The highest BCUT2D eigenvalue weighted by Crippen LogP contribution is 2.31. The monoisotopic (exact) mass is 303 g/mol. The van der Waals surface area contributed by atoms with E-state index in [1.54, 1.807) is 0 Å². The summed E-state index contributed by atoms with van der Waals surface area (Å²) in [7, 11) is 0. The molecule has 4 heteroatoms. The van der Waals surface area contributed by atoms with E-state index in [9.17, 15) is 0 Å². The molecule has 3 nitrogen and oxygen atoms in total. The molecule has 0 saturated heterocycles. The third kappa shape index (κ3) is 2.70. The molecule has 1 aromatic carbocycles. The minimum absolute atomic E-state index is 0.603. The van der Waals surface area contributed by atoms with Crippen molar-refractivity contribution in [2.24, 2.45) is 0 Å². The van der Waals surface area contributed by atoms with Crippen molar-refractivity contribution < 1.29 is 0 Å². The van der Waals surface area contributed by atoms with Crippen LogP contribution >= 0.6 is 15.9 Å². The van der Waals surface area contributed by atoms with Crippen molar-refractivity contribution >= 4 is 21.9 Å². The van der Waals surface area contributed by atoms with Gasteiger partial charge in [-0.25, -0.2) is 9.97 Å². The van der Waals surface area contributed by atoms with E-state index in [0.717, 1.165) is 17.0 Å². The Bertz CT molecular complexity index is 508. The number of rotatable bonds is 4. The number of anilines is 1. The molecule has 0 atom stereocenters. The van der Waals surface area contributed by atoms with Crippen LogP contribution in [0.2, 0.25) is 0 Å². The molecule has 92 valence electrons. The van der Waals surface area contributed by atoms with Crippen LogP contribution in [-0.2, 0) is 6.54 Å². The molecule has 0 unspecified atom stereocenters. The number of halogens is 1. The normalized spacial score (nSPS) is 14.5. The van der Waals surface area contributed by atoms with Crippen molar-refractivity contribution in [3.63, 3.8) is 0 Å². The van der Waals surface area contributed by atoms with E-state index in [2.05, 4.69) is 55.1 Å². The van der Waals surface area contributed by atoms with E-state index < -0.39 is 0 Å². The van der Waals surface area contributed by atoms with Gasteiger partial charge < -0.3 is 4.90 Å². The van der Waals surface area contributed by atoms with Crippen molar-refractivity contribution in [1.82, 2.24) is 9.97 Å². The van der Waals surface area contributed by atoms with Crippen LogP contribution in [0, 0.1) is 0 Å². The van der Waals surface area contributed by atoms with Gasteiger partial charge in [-0.1, -0.05) is 30.3 Å². The summed E-state index contributed by atoms with van der Waals surface area (Å²) in [5, 5.41) is 0. The summed E-state index contributed by atoms with van der Waals surface area (Å²) in [5.74, 6) is 0.824. The van der Waals surface area contributed by atoms with Gasteiger partial charge in [0, 0.05) is 25.0 Å². The average molecular weight is 304 g/mol. The lowest BCUT2D eigenvalue weighted by molar-refractivity contribution is 0.757. The van der Waals surface area contributed by atoms with E-state index >= 15 is 0 Å². The molecular formula is C14H14BrN3. The topological polar surface area (TPSA) is 29.0 Å². The molecule has 0 amide bonds. The minimum atomic E-state index is 0.603. The second-order valence-corrected chi connectivity index (χ2v) is 5.46. The Labute approximate surface area is 115 Å². The first-order valence-electron chi connectivity index (χ1n) is 6.11. The zero-order chi connectivity index (χ0) is 12.4. The van der Waals surface area contributed by atoms with E-state index in [1.807, 2.05) is 18.5 Å². The highest BCUT2D eigenvalue weighted by atomic mass is 79.9. The first-order valence-corrected chi connectivity index (χ1v) is 6.90. The Balaban J connectivity index is 1.82. The number of benzene rings is 1. The SMILES string of the molecule is Brc1cnc(N(Cc2ccccc2)C2CC2)nc1. The van der Waals surface area contributed by atoms with Gasteiger partial charge in [0.2, 0.25) is 5.95 Å². The van der Waals surface area contributed by atoms with E-state index in [1.165, 1.54) is 18.4 Å². The Morgan fingerprint density at radius 2 is 1.78 bits per heavy atom. The molecule has 1 fully saturated rings. The number of nitrogens with zero attached hydrogens (tertiary/aromatic N) is 3. The fourth-order valence-electron chi connectivity index (χ4n) is 1.98. The molecular weight excluding hydrogens is 290 g/mol. The highest BCUT2D eigenvalue weighted by molar-refractivity contribution is 9.10. The fraction of sp³-hybridized carbons (Fsp3) is 0.286. The van der Waals surface area contributed by atoms with Gasteiger partial charge >= 0.3 is 0 Å². The summed E-state index contributed by atoms with van der Waals surface area (Å²) in [6.07, 6.45) is 6.10. The number of aromatic nitrogens is 2. The zero-order valence-corrected chi connectivity index (χ0v) is 11.5. The molecule has 1 aliphatic carbocycles. The maximum absolute atomic E-state index is 4.40. The Morgan fingerprint density at radius 1 is 1.11 bits per heavy atom. The second-order valence-electron chi connectivity index (χ2n) is 4.55. The smallest absolute Gasteiger partial charge is 0.225 e. The molecule has 0 aliphatic heterocycles. The van der Waals surface area contributed by atoms with Crippen LogP contribution in [0.1, 0.15) is 18.4 Å². The third-order valence-corrected chi connectivity index (χ3v) is 3.46. The molecule has 0 N–H and O–H groups in total.